The molecule has 1 N–H and O–H groups in total. The lowest BCUT2D eigenvalue weighted by molar-refractivity contribution is -0.137. The summed E-state index contributed by atoms with van der Waals surface area (Å²) in [6.07, 6.45) is -3.52. The van der Waals surface area contributed by atoms with Gasteiger partial charge in [0.1, 0.15) is 0 Å². The maximum atomic E-state index is 12.5. The number of rotatable bonds is 4. The van der Waals surface area contributed by atoms with E-state index in [2.05, 4.69) is 27.7 Å². The summed E-state index contributed by atoms with van der Waals surface area (Å²) < 4.78 is 37.4. The zero-order chi connectivity index (χ0) is 15.6. The van der Waals surface area contributed by atoms with Crippen LogP contribution in [0.3, 0.4) is 0 Å². The van der Waals surface area contributed by atoms with Gasteiger partial charge in [0.25, 0.3) is 0 Å². The van der Waals surface area contributed by atoms with E-state index >= 15 is 0 Å². The minimum absolute atomic E-state index is 0.180. The maximum Gasteiger partial charge on any atom is 0.416 e. The molecule has 0 aromatic heterocycles. The molecule has 0 bridgehead atoms. The molecule has 2 atom stereocenters. The average Bonchev–Trinajstić information content (AvgIpc) is 2.25. The normalized spacial score (nSPS) is 16.0. The molecule has 0 aliphatic heterocycles. The molecule has 4 heteroatoms. The molecule has 0 aliphatic carbocycles. The summed E-state index contributed by atoms with van der Waals surface area (Å²) in [6.45, 7) is 8.45. The first-order valence-electron chi connectivity index (χ1n) is 6.84. The highest BCUT2D eigenvalue weighted by molar-refractivity contribution is 5.26. The fraction of sp³-hybridized carbons (Fsp3) is 0.625. The van der Waals surface area contributed by atoms with Gasteiger partial charge in [0.05, 0.1) is 11.7 Å². The fourth-order valence-electron chi connectivity index (χ4n) is 2.54. The molecule has 1 rings (SSSR count). The van der Waals surface area contributed by atoms with Crippen LogP contribution in [0.2, 0.25) is 0 Å². The Kier molecular flexibility index (Phi) is 5.25. The van der Waals surface area contributed by atoms with E-state index in [1.807, 2.05) is 0 Å². The van der Waals surface area contributed by atoms with E-state index in [4.69, 9.17) is 0 Å². The smallest absolute Gasteiger partial charge is 0.388 e. The highest BCUT2D eigenvalue weighted by Crippen LogP contribution is 2.33. The summed E-state index contributed by atoms with van der Waals surface area (Å²) in [5.74, 6) is 0.312. The standard InChI is InChI=1S/C16H23F3O/c1-11(10-15(2,3)4)9-14(20)12-5-7-13(8-6-12)16(17,18)19/h5-8,11,14,20H,9-10H2,1-4H3. The number of halogens is 3. The molecule has 0 saturated heterocycles. The second kappa shape index (κ2) is 6.17. The molecule has 0 spiro atoms. The summed E-state index contributed by atoms with van der Waals surface area (Å²) in [7, 11) is 0. The molecule has 2 unspecified atom stereocenters. The van der Waals surface area contributed by atoms with E-state index in [1.54, 1.807) is 0 Å². The molecule has 1 nitrogen and oxygen atoms in total. The largest absolute Gasteiger partial charge is 0.416 e. The first-order valence-corrected chi connectivity index (χ1v) is 6.84. The first-order chi connectivity index (χ1) is 8.99. The van der Waals surface area contributed by atoms with Gasteiger partial charge in [-0.3, -0.25) is 0 Å². The van der Waals surface area contributed by atoms with Crippen LogP contribution in [-0.2, 0) is 6.18 Å². The molecule has 1 aromatic carbocycles. The van der Waals surface area contributed by atoms with Gasteiger partial charge in [-0.25, -0.2) is 0 Å². The van der Waals surface area contributed by atoms with Crippen molar-refractivity contribution in [1.82, 2.24) is 0 Å². The molecular weight excluding hydrogens is 265 g/mol. The summed E-state index contributed by atoms with van der Waals surface area (Å²) in [5.41, 5.74) is 0.0363. The number of aliphatic hydroxyl groups is 1. The van der Waals surface area contributed by atoms with Gasteiger partial charge in [-0.05, 0) is 41.9 Å². The highest BCUT2D eigenvalue weighted by Gasteiger charge is 2.30. The van der Waals surface area contributed by atoms with Crippen molar-refractivity contribution in [3.8, 4) is 0 Å². The fourth-order valence-corrected chi connectivity index (χ4v) is 2.54. The number of aliphatic hydroxyl groups excluding tert-OH is 1. The Hall–Kier alpha value is -1.03. The Labute approximate surface area is 118 Å². The zero-order valence-electron chi connectivity index (χ0n) is 12.5. The number of hydrogen-bond donors (Lipinski definition) is 1. The van der Waals surface area contributed by atoms with Crippen LogP contribution in [-0.4, -0.2) is 5.11 Å². The van der Waals surface area contributed by atoms with Crippen molar-refractivity contribution in [1.29, 1.82) is 0 Å². The Balaban J connectivity index is 2.66. The Morgan fingerprint density at radius 2 is 1.55 bits per heavy atom. The predicted molar refractivity (Wildman–Crippen MR) is 74.3 cm³/mol. The second-order valence-corrected chi connectivity index (χ2v) is 6.74. The van der Waals surface area contributed by atoms with Gasteiger partial charge in [-0.1, -0.05) is 39.8 Å². The average molecular weight is 288 g/mol. The molecule has 0 amide bonds. The maximum absolute atomic E-state index is 12.5. The van der Waals surface area contributed by atoms with E-state index in [0.29, 0.717) is 17.9 Å². The van der Waals surface area contributed by atoms with E-state index in [-0.39, 0.29) is 5.41 Å². The Bertz CT molecular complexity index is 415. The summed E-state index contributed by atoms with van der Waals surface area (Å²) in [6, 6.07) is 4.76. The first kappa shape index (κ1) is 17.0. The van der Waals surface area contributed by atoms with Gasteiger partial charge in [0, 0.05) is 0 Å². The monoisotopic (exact) mass is 288 g/mol. The molecular formula is C16H23F3O. The van der Waals surface area contributed by atoms with Gasteiger partial charge in [-0.2, -0.15) is 13.2 Å². The number of alkyl halides is 3. The van der Waals surface area contributed by atoms with Gasteiger partial charge in [0.2, 0.25) is 0 Å². The predicted octanol–water partition coefficient (Wildman–Crippen LogP) is 5.20. The third-order valence-corrected chi connectivity index (χ3v) is 3.21. The van der Waals surface area contributed by atoms with E-state index < -0.39 is 17.8 Å². The minimum Gasteiger partial charge on any atom is -0.388 e. The molecule has 0 saturated carbocycles. The van der Waals surface area contributed by atoms with Crippen LogP contribution in [0.1, 0.15) is 57.8 Å². The van der Waals surface area contributed by atoms with Crippen LogP contribution >= 0.6 is 0 Å². The molecule has 0 radical (unpaired) electrons. The van der Waals surface area contributed by atoms with Crippen LogP contribution in [0.25, 0.3) is 0 Å². The van der Waals surface area contributed by atoms with Crippen molar-refractivity contribution in [3.05, 3.63) is 35.4 Å². The van der Waals surface area contributed by atoms with Gasteiger partial charge in [-0.15, -0.1) is 0 Å². The van der Waals surface area contributed by atoms with Crippen LogP contribution in [0.15, 0.2) is 24.3 Å². The Morgan fingerprint density at radius 3 is 1.95 bits per heavy atom. The van der Waals surface area contributed by atoms with Gasteiger partial charge < -0.3 is 5.11 Å². The lowest BCUT2D eigenvalue weighted by atomic mass is 9.82. The van der Waals surface area contributed by atoms with E-state index in [1.165, 1.54) is 12.1 Å². The third-order valence-electron chi connectivity index (χ3n) is 3.21. The van der Waals surface area contributed by atoms with Crippen molar-refractivity contribution in [2.75, 3.05) is 0 Å². The minimum atomic E-state index is -4.33. The number of hydrogen-bond acceptors (Lipinski definition) is 1. The molecule has 0 aliphatic rings. The molecule has 1 aromatic rings. The van der Waals surface area contributed by atoms with Crippen LogP contribution in [0, 0.1) is 11.3 Å². The number of benzene rings is 1. The van der Waals surface area contributed by atoms with Gasteiger partial charge >= 0.3 is 6.18 Å². The quantitative estimate of drug-likeness (QED) is 0.807. The second-order valence-electron chi connectivity index (χ2n) is 6.74. The SMILES string of the molecule is CC(CC(O)c1ccc(C(F)(F)F)cc1)CC(C)(C)C. The summed E-state index contributed by atoms with van der Waals surface area (Å²) in [4.78, 5) is 0. The van der Waals surface area contributed by atoms with Crippen molar-refractivity contribution in [3.63, 3.8) is 0 Å². The summed E-state index contributed by atoms with van der Waals surface area (Å²) >= 11 is 0. The lowest BCUT2D eigenvalue weighted by Gasteiger charge is -2.25. The van der Waals surface area contributed by atoms with Crippen molar-refractivity contribution >= 4 is 0 Å². The topological polar surface area (TPSA) is 20.2 Å². The third kappa shape index (κ3) is 5.53. The molecule has 0 fully saturated rings. The Morgan fingerprint density at radius 1 is 1.05 bits per heavy atom. The lowest BCUT2D eigenvalue weighted by Crippen LogP contribution is -2.14. The van der Waals surface area contributed by atoms with E-state index in [0.717, 1.165) is 18.6 Å². The summed E-state index contributed by atoms with van der Waals surface area (Å²) in [5, 5.41) is 10.1. The van der Waals surface area contributed by atoms with Crippen molar-refractivity contribution in [2.24, 2.45) is 11.3 Å². The van der Waals surface area contributed by atoms with Crippen molar-refractivity contribution < 1.29 is 18.3 Å². The molecule has 114 valence electrons. The molecule has 0 heterocycles. The van der Waals surface area contributed by atoms with Crippen molar-refractivity contribution in [2.45, 2.75) is 52.8 Å². The van der Waals surface area contributed by atoms with Crippen LogP contribution < -0.4 is 0 Å². The zero-order valence-corrected chi connectivity index (χ0v) is 12.5. The highest BCUT2D eigenvalue weighted by atomic mass is 19.4. The van der Waals surface area contributed by atoms with Crippen LogP contribution in [0.5, 0.6) is 0 Å². The van der Waals surface area contributed by atoms with Gasteiger partial charge in [0.15, 0.2) is 0 Å². The van der Waals surface area contributed by atoms with E-state index in [9.17, 15) is 18.3 Å². The molecule has 20 heavy (non-hydrogen) atoms. The van der Waals surface area contributed by atoms with Crippen LogP contribution in [0.4, 0.5) is 13.2 Å².